The van der Waals surface area contributed by atoms with Crippen molar-refractivity contribution in [3.63, 3.8) is 0 Å². The van der Waals surface area contributed by atoms with Crippen LogP contribution in [-0.4, -0.2) is 35.7 Å². The fourth-order valence-corrected chi connectivity index (χ4v) is 2.48. The Morgan fingerprint density at radius 3 is 2.74 bits per heavy atom. The van der Waals surface area contributed by atoms with Crippen molar-refractivity contribution < 1.29 is 4.74 Å². The Morgan fingerprint density at radius 1 is 1.32 bits per heavy atom. The van der Waals surface area contributed by atoms with Crippen LogP contribution in [0.15, 0.2) is 12.4 Å². The van der Waals surface area contributed by atoms with Gasteiger partial charge in [-0.05, 0) is 32.1 Å². The Hall–Kier alpha value is -1.36. The molecule has 0 radical (unpaired) electrons. The Labute approximate surface area is 115 Å². The normalized spacial score (nSPS) is 23.1. The monoisotopic (exact) mass is 264 g/mol. The summed E-state index contributed by atoms with van der Waals surface area (Å²) in [6.45, 7) is 2.78. The van der Waals surface area contributed by atoms with Crippen LogP contribution in [0.5, 0.6) is 5.88 Å². The quantitative estimate of drug-likeness (QED) is 0.881. The van der Waals surface area contributed by atoms with Gasteiger partial charge in [-0.1, -0.05) is 6.92 Å². The van der Waals surface area contributed by atoms with Crippen LogP contribution in [0, 0.1) is 0 Å². The van der Waals surface area contributed by atoms with Gasteiger partial charge in [-0.15, -0.1) is 0 Å². The summed E-state index contributed by atoms with van der Waals surface area (Å²) in [7, 11) is 2.09. The number of nitrogens with zero attached hydrogens (tertiary/aromatic N) is 3. The fraction of sp³-hybridized carbons (Fsp3) is 0.714. The zero-order valence-electron chi connectivity index (χ0n) is 11.9. The lowest BCUT2D eigenvalue weighted by molar-refractivity contribution is 0.304. The Balaban J connectivity index is 1.99. The van der Waals surface area contributed by atoms with E-state index >= 15 is 0 Å². The molecule has 19 heavy (non-hydrogen) atoms. The van der Waals surface area contributed by atoms with Crippen LogP contribution < -0.4 is 15.4 Å². The standard InChI is InChI=1S/C14H24N4O/c1-3-8-19-14-9-13(16-10-17-14)18(2)12-6-4-11(15)5-7-12/h9-12H,3-8,15H2,1-2H3. The lowest BCUT2D eigenvalue weighted by Gasteiger charge is -2.34. The maximum atomic E-state index is 5.95. The van der Waals surface area contributed by atoms with Crippen LogP contribution in [0.3, 0.4) is 0 Å². The van der Waals surface area contributed by atoms with E-state index in [2.05, 4.69) is 28.8 Å². The number of hydrogen-bond donors (Lipinski definition) is 1. The molecule has 5 heteroatoms. The summed E-state index contributed by atoms with van der Waals surface area (Å²) in [6.07, 6.45) is 7.01. The summed E-state index contributed by atoms with van der Waals surface area (Å²) >= 11 is 0. The number of hydrogen-bond acceptors (Lipinski definition) is 5. The van der Waals surface area contributed by atoms with Crippen molar-refractivity contribution in [2.24, 2.45) is 5.73 Å². The molecule has 106 valence electrons. The zero-order valence-corrected chi connectivity index (χ0v) is 11.9. The summed E-state index contributed by atoms with van der Waals surface area (Å²) in [5.74, 6) is 1.59. The van der Waals surface area contributed by atoms with Crippen molar-refractivity contribution in [2.75, 3.05) is 18.6 Å². The van der Waals surface area contributed by atoms with Crippen molar-refractivity contribution >= 4 is 5.82 Å². The second-order valence-corrected chi connectivity index (χ2v) is 5.24. The van der Waals surface area contributed by atoms with Crippen molar-refractivity contribution in [3.05, 3.63) is 12.4 Å². The van der Waals surface area contributed by atoms with Gasteiger partial charge in [0.15, 0.2) is 0 Å². The molecule has 0 aliphatic heterocycles. The predicted octanol–water partition coefficient (Wildman–Crippen LogP) is 1.97. The Bertz CT molecular complexity index is 391. The molecule has 0 aromatic carbocycles. The van der Waals surface area contributed by atoms with Crippen LogP contribution in [0.4, 0.5) is 5.82 Å². The van der Waals surface area contributed by atoms with Crippen LogP contribution in [0.1, 0.15) is 39.0 Å². The van der Waals surface area contributed by atoms with E-state index in [4.69, 9.17) is 10.5 Å². The van der Waals surface area contributed by atoms with Crippen molar-refractivity contribution in [2.45, 2.75) is 51.1 Å². The molecular formula is C14H24N4O. The smallest absolute Gasteiger partial charge is 0.218 e. The molecule has 1 aromatic rings. The maximum Gasteiger partial charge on any atom is 0.218 e. The van der Waals surface area contributed by atoms with Crippen LogP contribution in [0.2, 0.25) is 0 Å². The van der Waals surface area contributed by atoms with E-state index in [1.165, 1.54) is 0 Å². The van der Waals surface area contributed by atoms with Crippen LogP contribution in [0.25, 0.3) is 0 Å². The molecule has 1 saturated carbocycles. The molecule has 1 aromatic heterocycles. The first-order chi connectivity index (χ1) is 9.20. The molecule has 1 aliphatic carbocycles. The molecule has 1 aliphatic rings. The molecule has 0 bridgehead atoms. The van der Waals surface area contributed by atoms with E-state index in [1.807, 2.05) is 6.07 Å². The van der Waals surface area contributed by atoms with Gasteiger partial charge >= 0.3 is 0 Å². The average Bonchev–Trinajstić information content (AvgIpc) is 2.45. The Morgan fingerprint density at radius 2 is 2.05 bits per heavy atom. The predicted molar refractivity (Wildman–Crippen MR) is 76.5 cm³/mol. The summed E-state index contributed by atoms with van der Waals surface area (Å²) in [6, 6.07) is 2.82. The Kier molecular flexibility index (Phi) is 4.96. The van der Waals surface area contributed by atoms with E-state index < -0.39 is 0 Å². The van der Waals surface area contributed by atoms with Gasteiger partial charge in [-0.2, -0.15) is 0 Å². The van der Waals surface area contributed by atoms with E-state index in [9.17, 15) is 0 Å². The molecule has 5 nitrogen and oxygen atoms in total. The highest BCUT2D eigenvalue weighted by molar-refractivity contribution is 5.41. The number of rotatable bonds is 5. The molecule has 0 atom stereocenters. The van der Waals surface area contributed by atoms with E-state index in [-0.39, 0.29) is 0 Å². The number of ether oxygens (including phenoxy) is 1. The highest BCUT2D eigenvalue weighted by Crippen LogP contribution is 2.25. The lowest BCUT2D eigenvalue weighted by atomic mass is 9.91. The van der Waals surface area contributed by atoms with Gasteiger partial charge in [0.05, 0.1) is 6.61 Å². The minimum absolute atomic E-state index is 0.374. The average molecular weight is 264 g/mol. The summed E-state index contributed by atoms with van der Waals surface area (Å²) in [5.41, 5.74) is 5.95. The third-order valence-corrected chi connectivity index (χ3v) is 3.73. The molecule has 1 fully saturated rings. The van der Waals surface area contributed by atoms with Crippen molar-refractivity contribution in [3.8, 4) is 5.88 Å². The molecule has 0 saturated heterocycles. The second kappa shape index (κ2) is 6.70. The zero-order chi connectivity index (χ0) is 13.7. The first kappa shape index (κ1) is 14.1. The van der Waals surface area contributed by atoms with Crippen molar-refractivity contribution in [1.82, 2.24) is 9.97 Å². The highest BCUT2D eigenvalue weighted by Gasteiger charge is 2.23. The molecule has 1 heterocycles. The molecular weight excluding hydrogens is 240 g/mol. The fourth-order valence-electron chi connectivity index (χ4n) is 2.48. The molecule has 2 rings (SSSR count). The molecule has 0 unspecified atom stereocenters. The highest BCUT2D eigenvalue weighted by atomic mass is 16.5. The molecule has 2 N–H and O–H groups in total. The minimum Gasteiger partial charge on any atom is -0.478 e. The third kappa shape index (κ3) is 3.80. The topological polar surface area (TPSA) is 64.3 Å². The van der Waals surface area contributed by atoms with Gasteiger partial charge in [0.1, 0.15) is 12.1 Å². The summed E-state index contributed by atoms with van der Waals surface area (Å²) in [5, 5.41) is 0. The lowest BCUT2D eigenvalue weighted by Crippen LogP contribution is -2.39. The van der Waals surface area contributed by atoms with Gasteiger partial charge in [-0.25, -0.2) is 9.97 Å². The van der Waals surface area contributed by atoms with Gasteiger partial charge in [-0.3, -0.25) is 0 Å². The number of nitrogens with two attached hydrogens (primary N) is 1. The van der Waals surface area contributed by atoms with Gasteiger partial charge in [0.2, 0.25) is 5.88 Å². The molecule has 0 spiro atoms. The van der Waals surface area contributed by atoms with Crippen LogP contribution in [-0.2, 0) is 0 Å². The first-order valence-electron chi connectivity index (χ1n) is 7.14. The SMILES string of the molecule is CCCOc1cc(N(C)C2CCC(N)CC2)ncn1. The molecule has 0 amide bonds. The number of aromatic nitrogens is 2. The third-order valence-electron chi connectivity index (χ3n) is 3.73. The second-order valence-electron chi connectivity index (χ2n) is 5.24. The minimum atomic E-state index is 0.374. The summed E-state index contributed by atoms with van der Waals surface area (Å²) < 4.78 is 5.55. The van der Waals surface area contributed by atoms with Gasteiger partial charge in [0.25, 0.3) is 0 Å². The maximum absolute atomic E-state index is 5.95. The summed E-state index contributed by atoms with van der Waals surface area (Å²) in [4.78, 5) is 10.7. The van der Waals surface area contributed by atoms with E-state index in [0.29, 0.717) is 24.6 Å². The largest absolute Gasteiger partial charge is 0.478 e. The van der Waals surface area contributed by atoms with Gasteiger partial charge < -0.3 is 15.4 Å². The first-order valence-corrected chi connectivity index (χ1v) is 7.14. The van der Waals surface area contributed by atoms with Crippen LogP contribution >= 0.6 is 0 Å². The van der Waals surface area contributed by atoms with E-state index in [1.54, 1.807) is 6.33 Å². The van der Waals surface area contributed by atoms with Gasteiger partial charge in [0, 0.05) is 25.2 Å². The van der Waals surface area contributed by atoms with Crippen molar-refractivity contribution in [1.29, 1.82) is 0 Å². The number of anilines is 1. The van der Waals surface area contributed by atoms with E-state index in [0.717, 1.165) is 37.9 Å².